The Hall–Kier alpha value is -0.120. The molecule has 0 amide bonds. The zero-order chi connectivity index (χ0) is 9.80. The SMILES string of the molecule is OCCOC1CN(C2CCCCC2)C1. The molecule has 2 aliphatic rings. The van der Waals surface area contributed by atoms with Crippen molar-refractivity contribution in [2.45, 2.75) is 44.2 Å². The maximum atomic E-state index is 8.61. The van der Waals surface area contributed by atoms with Gasteiger partial charge in [0.05, 0.1) is 19.3 Å². The molecule has 2 fully saturated rings. The quantitative estimate of drug-likeness (QED) is 0.733. The van der Waals surface area contributed by atoms with Crippen LogP contribution < -0.4 is 0 Å². The van der Waals surface area contributed by atoms with E-state index in [0.29, 0.717) is 12.7 Å². The van der Waals surface area contributed by atoms with Gasteiger partial charge in [-0.25, -0.2) is 0 Å². The molecular formula is C11H21NO2. The van der Waals surface area contributed by atoms with Gasteiger partial charge in [0.15, 0.2) is 0 Å². The van der Waals surface area contributed by atoms with Crippen LogP contribution in [0.5, 0.6) is 0 Å². The monoisotopic (exact) mass is 199 g/mol. The van der Waals surface area contributed by atoms with Crippen molar-refractivity contribution < 1.29 is 9.84 Å². The zero-order valence-corrected chi connectivity index (χ0v) is 8.82. The first kappa shape index (κ1) is 10.4. The Morgan fingerprint density at radius 3 is 2.50 bits per heavy atom. The second kappa shape index (κ2) is 5.10. The summed E-state index contributed by atoms with van der Waals surface area (Å²) in [7, 11) is 0. The lowest BCUT2D eigenvalue weighted by atomic mass is 9.92. The maximum Gasteiger partial charge on any atom is 0.0830 e. The molecular weight excluding hydrogens is 178 g/mol. The van der Waals surface area contributed by atoms with Crippen molar-refractivity contribution in [3.8, 4) is 0 Å². The van der Waals surface area contributed by atoms with Crippen molar-refractivity contribution in [1.29, 1.82) is 0 Å². The highest BCUT2D eigenvalue weighted by Gasteiger charge is 2.33. The molecule has 1 heterocycles. The van der Waals surface area contributed by atoms with Crippen LogP contribution in [0.25, 0.3) is 0 Å². The minimum Gasteiger partial charge on any atom is -0.394 e. The molecule has 3 heteroatoms. The van der Waals surface area contributed by atoms with Gasteiger partial charge in [0, 0.05) is 19.1 Å². The first-order valence-corrected chi connectivity index (χ1v) is 5.86. The van der Waals surface area contributed by atoms with Crippen molar-refractivity contribution in [2.24, 2.45) is 0 Å². The van der Waals surface area contributed by atoms with Crippen LogP contribution in [0.3, 0.4) is 0 Å². The highest BCUT2D eigenvalue weighted by atomic mass is 16.5. The molecule has 1 aliphatic carbocycles. The third-order valence-corrected chi connectivity index (χ3v) is 3.41. The Morgan fingerprint density at radius 1 is 1.14 bits per heavy atom. The first-order chi connectivity index (χ1) is 6.90. The van der Waals surface area contributed by atoms with E-state index in [1.54, 1.807) is 0 Å². The molecule has 0 aromatic carbocycles. The highest BCUT2D eigenvalue weighted by molar-refractivity contribution is 4.87. The van der Waals surface area contributed by atoms with E-state index < -0.39 is 0 Å². The molecule has 0 atom stereocenters. The van der Waals surface area contributed by atoms with E-state index in [1.165, 1.54) is 32.1 Å². The number of nitrogens with zero attached hydrogens (tertiary/aromatic N) is 1. The van der Waals surface area contributed by atoms with E-state index in [4.69, 9.17) is 9.84 Å². The van der Waals surface area contributed by atoms with Gasteiger partial charge >= 0.3 is 0 Å². The van der Waals surface area contributed by atoms with Gasteiger partial charge in [0.2, 0.25) is 0 Å². The fourth-order valence-electron chi connectivity index (χ4n) is 2.54. The summed E-state index contributed by atoms with van der Waals surface area (Å²) in [5, 5.41) is 8.61. The lowest BCUT2D eigenvalue weighted by Gasteiger charge is -2.45. The predicted molar refractivity (Wildman–Crippen MR) is 55.3 cm³/mol. The maximum absolute atomic E-state index is 8.61. The zero-order valence-electron chi connectivity index (χ0n) is 8.82. The molecule has 1 saturated carbocycles. The second-order valence-corrected chi connectivity index (χ2v) is 4.46. The summed E-state index contributed by atoms with van der Waals surface area (Å²) in [6.45, 7) is 2.83. The van der Waals surface area contributed by atoms with E-state index in [-0.39, 0.29) is 6.61 Å². The molecule has 2 rings (SSSR count). The van der Waals surface area contributed by atoms with Crippen LogP contribution >= 0.6 is 0 Å². The van der Waals surface area contributed by atoms with Crippen molar-refractivity contribution in [1.82, 2.24) is 4.90 Å². The summed E-state index contributed by atoms with van der Waals surface area (Å²) < 4.78 is 5.46. The smallest absolute Gasteiger partial charge is 0.0830 e. The first-order valence-electron chi connectivity index (χ1n) is 5.86. The second-order valence-electron chi connectivity index (χ2n) is 4.46. The number of aliphatic hydroxyl groups excluding tert-OH is 1. The number of hydrogen-bond donors (Lipinski definition) is 1. The van der Waals surface area contributed by atoms with E-state index in [2.05, 4.69) is 4.90 Å². The van der Waals surface area contributed by atoms with E-state index >= 15 is 0 Å². The number of ether oxygens (including phenoxy) is 1. The number of rotatable bonds is 4. The van der Waals surface area contributed by atoms with Crippen LogP contribution in [-0.2, 0) is 4.74 Å². The molecule has 0 unspecified atom stereocenters. The lowest BCUT2D eigenvalue weighted by Crippen LogP contribution is -2.57. The summed E-state index contributed by atoms with van der Waals surface area (Å²) in [6.07, 6.45) is 7.39. The largest absolute Gasteiger partial charge is 0.394 e. The minimum absolute atomic E-state index is 0.153. The van der Waals surface area contributed by atoms with Gasteiger partial charge in [-0.2, -0.15) is 0 Å². The van der Waals surface area contributed by atoms with Crippen molar-refractivity contribution in [3.05, 3.63) is 0 Å². The number of likely N-dealkylation sites (tertiary alicyclic amines) is 1. The van der Waals surface area contributed by atoms with Crippen LogP contribution in [0.4, 0.5) is 0 Å². The molecule has 0 radical (unpaired) electrons. The van der Waals surface area contributed by atoms with Crippen LogP contribution in [0.2, 0.25) is 0 Å². The Kier molecular flexibility index (Phi) is 3.79. The van der Waals surface area contributed by atoms with E-state index in [9.17, 15) is 0 Å². The average molecular weight is 199 g/mol. The molecule has 1 aliphatic heterocycles. The third-order valence-electron chi connectivity index (χ3n) is 3.41. The van der Waals surface area contributed by atoms with Gasteiger partial charge in [0.25, 0.3) is 0 Å². The van der Waals surface area contributed by atoms with Crippen molar-refractivity contribution >= 4 is 0 Å². The minimum atomic E-state index is 0.153. The standard InChI is InChI=1S/C11H21NO2/c13-6-7-14-11-8-12(9-11)10-4-2-1-3-5-10/h10-11,13H,1-9H2. The molecule has 0 bridgehead atoms. The molecule has 3 nitrogen and oxygen atoms in total. The normalized spacial score (nSPS) is 26.4. The Morgan fingerprint density at radius 2 is 1.86 bits per heavy atom. The summed E-state index contributed by atoms with van der Waals surface area (Å²) in [6, 6.07) is 0.831. The summed E-state index contributed by atoms with van der Waals surface area (Å²) in [5.41, 5.74) is 0. The third kappa shape index (κ3) is 2.47. The van der Waals surface area contributed by atoms with Crippen molar-refractivity contribution in [3.63, 3.8) is 0 Å². The highest BCUT2D eigenvalue weighted by Crippen LogP contribution is 2.26. The van der Waals surface area contributed by atoms with Gasteiger partial charge in [0.1, 0.15) is 0 Å². The molecule has 82 valence electrons. The van der Waals surface area contributed by atoms with E-state index in [1.807, 2.05) is 0 Å². The summed E-state index contributed by atoms with van der Waals surface area (Å²) in [5.74, 6) is 0. The predicted octanol–water partition coefficient (Wildman–Crippen LogP) is 1.01. The topological polar surface area (TPSA) is 32.7 Å². The van der Waals surface area contributed by atoms with Gasteiger partial charge in [-0.05, 0) is 12.8 Å². The van der Waals surface area contributed by atoms with Crippen LogP contribution in [0.15, 0.2) is 0 Å². The summed E-state index contributed by atoms with van der Waals surface area (Å²) in [4.78, 5) is 2.54. The molecule has 1 saturated heterocycles. The van der Waals surface area contributed by atoms with Crippen molar-refractivity contribution in [2.75, 3.05) is 26.3 Å². The Bertz CT molecular complexity index is 163. The number of aliphatic hydroxyl groups is 1. The molecule has 1 N–H and O–H groups in total. The van der Waals surface area contributed by atoms with Crippen LogP contribution in [0, 0.1) is 0 Å². The Labute approximate surface area is 86.0 Å². The van der Waals surface area contributed by atoms with Gasteiger partial charge in [-0.15, -0.1) is 0 Å². The summed E-state index contributed by atoms with van der Waals surface area (Å²) >= 11 is 0. The fourth-order valence-corrected chi connectivity index (χ4v) is 2.54. The van der Waals surface area contributed by atoms with Gasteiger partial charge < -0.3 is 9.84 Å². The fraction of sp³-hybridized carbons (Fsp3) is 1.00. The lowest BCUT2D eigenvalue weighted by molar-refractivity contribution is -0.0837. The molecule has 0 aromatic rings. The van der Waals surface area contributed by atoms with Gasteiger partial charge in [-0.1, -0.05) is 19.3 Å². The van der Waals surface area contributed by atoms with E-state index in [0.717, 1.165) is 19.1 Å². The number of hydrogen-bond acceptors (Lipinski definition) is 3. The molecule has 0 spiro atoms. The van der Waals surface area contributed by atoms with Gasteiger partial charge in [-0.3, -0.25) is 4.90 Å². The molecule has 0 aromatic heterocycles. The van der Waals surface area contributed by atoms with Crippen LogP contribution in [0.1, 0.15) is 32.1 Å². The Balaban J connectivity index is 1.61. The average Bonchev–Trinajstić information content (AvgIpc) is 2.17. The molecule has 14 heavy (non-hydrogen) atoms. The van der Waals surface area contributed by atoms with Crippen LogP contribution in [-0.4, -0.2) is 48.5 Å².